The first-order chi connectivity index (χ1) is 8.42. The Morgan fingerprint density at radius 3 is 2.11 bits per heavy atom. The average Bonchev–Trinajstić information content (AvgIpc) is 2.18. The average molecular weight is 314 g/mol. The Bertz CT molecular complexity index is 366. The van der Waals surface area contributed by atoms with E-state index < -0.39 is 0 Å². The largest absolute Gasteiger partial charge is 0.462 e. The molecule has 0 spiro atoms. The molecular formula is C14H20BrNO2. The second kappa shape index (κ2) is 6.90. The van der Waals surface area contributed by atoms with Crippen molar-refractivity contribution in [2.45, 2.75) is 32.3 Å². The Balaban J connectivity index is 0.000000203. The Morgan fingerprint density at radius 1 is 1.28 bits per heavy atom. The highest BCUT2D eigenvalue weighted by molar-refractivity contribution is 9.10. The van der Waals surface area contributed by atoms with Gasteiger partial charge in [-0.3, -0.25) is 4.79 Å². The number of rotatable bonds is 2. The monoisotopic (exact) mass is 313 g/mol. The van der Waals surface area contributed by atoms with Crippen molar-refractivity contribution >= 4 is 22.4 Å². The molecule has 0 atom stereocenters. The number of hydrogen-bond acceptors (Lipinski definition) is 3. The maximum atomic E-state index is 9.60. The van der Waals surface area contributed by atoms with Crippen LogP contribution in [0.3, 0.4) is 0 Å². The van der Waals surface area contributed by atoms with Gasteiger partial charge in [-0.25, -0.2) is 0 Å². The van der Waals surface area contributed by atoms with E-state index in [9.17, 15) is 4.79 Å². The fourth-order valence-corrected chi connectivity index (χ4v) is 1.67. The molecule has 0 bridgehead atoms. The van der Waals surface area contributed by atoms with Crippen molar-refractivity contribution in [3.63, 3.8) is 0 Å². The van der Waals surface area contributed by atoms with Crippen molar-refractivity contribution in [2.75, 3.05) is 13.1 Å². The molecule has 1 aromatic rings. The Hall–Kier alpha value is -0.870. The molecule has 0 unspecified atom stereocenters. The van der Waals surface area contributed by atoms with Gasteiger partial charge >= 0.3 is 0 Å². The van der Waals surface area contributed by atoms with Gasteiger partial charge in [-0.05, 0) is 38.5 Å². The molecule has 2 rings (SSSR count). The topological polar surface area (TPSA) is 38.3 Å². The second-order valence-corrected chi connectivity index (χ2v) is 6.15. The minimum Gasteiger partial charge on any atom is -0.462 e. The molecule has 1 heterocycles. The van der Waals surface area contributed by atoms with E-state index in [0.29, 0.717) is 6.47 Å². The van der Waals surface area contributed by atoms with Gasteiger partial charge in [0, 0.05) is 23.5 Å². The fraction of sp³-hybridized carbons (Fsp3) is 0.500. The molecule has 0 amide bonds. The second-order valence-electron chi connectivity index (χ2n) is 5.23. The summed E-state index contributed by atoms with van der Waals surface area (Å²) in [6.45, 7) is 8.20. The van der Waals surface area contributed by atoms with Gasteiger partial charge in [-0.15, -0.1) is 0 Å². The quantitative estimate of drug-likeness (QED) is 0.853. The number of halogens is 1. The maximum absolute atomic E-state index is 9.60. The molecule has 1 aromatic carbocycles. The summed E-state index contributed by atoms with van der Waals surface area (Å²) in [6.07, 6.45) is 0. The summed E-state index contributed by atoms with van der Waals surface area (Å²) in [6, 6.07) is 8.59. The van der Waals surface area contributed by atoms with Gasteiger partial charge in [0.25, 0.3) is 6.47 Å². The van der Waals surface area contributed by atoms with Gasteiger partial charge in [-0.2, -0.15) is 0 Å². The van der Waals surface area contributed by atoms with Gasteiger partial charge < -0.3 is 10.1 Å². The van der Waals surface area contributed by atoms with E-state index in [1.807, 2.05) is 20.8 Å². The van der Waals surface area contributed by atoms with Crippen LogP contribution in [0.2, 0.25) is 0 Å². The lowest BCUT2D eigenvalue weighted by atomic mass is 9.94. The number of ether oxygens (including phenoxy) is 1. The van der Waals surface area contributed by atoms with Crippen molar-refractivity contribution in [3.8, 4) is 0 Å². The Kier molecular flexibility index (Phi) is 5.82. The van der Waals surface area contributed by atoms with Crippen molar-refractivity contribution in [3.05, 3.63) is 34.3 Å². The van der Waals surface area contributed by atoms with E-state index in [1.165, 1.54) is 5.56 Å². The normalized spacial score (nSPS) is 15.1. The summed E-state index contributed by atoms with van der Waals surface area (Å²) in [5.41, 5.74) is 1.13. The molecule has 0 aromatic heterocycles. The molecular weight excluding hydrogens is 294 g/mol. The third-order valence-electron chi connectivity index (χ3n) is 2.52. The van der Waals surface area contributed by atoms with E-state index in [-0.39, 0.29) is 5.60 Å². The SMILES string of the molecule is Brc1ccc(C2CNC2)cc1.CC(C)(C)OC=O. The lowest BCUT2D eigenvalue weighted by Gasteiger charge is -2.27. The first-order valence-electron chi connectivity index (χ1n) is 6.00. The third-order valence-corrected chi connectivity index (χ3v) is 3.05. The van der Waals surface area contributed by atoms with Gasteiger partial charge in [0.15, 0.2) is 0 Å². The molecule has 0 saturated carbocycles. The molecule has 4 heteroatoms. The zero-order chi connectivity index (χ0) is 13.6. The van der Waals surface area contributed by atoms with Crippen LogP contribution in [0.4, 0.5) is 0 Å². The van der Waals surface area contributed by atoms with E-state index in [2.05, 4.69) is 50.2 Å². The number of nitrogens with one attached hydrogen (secondary N) is 1. The van der Waals surface area contributed by atoms with Crippen molar-refractivity contribution in [1.82, 2.24) is 5.32 Å². The highest BCUT2D eigenvalue weighted by atomic mass is 79.9. The van der Waals surface area contributed by atoms with Crippen LogP contribution in [0.5, 0.6) is 0 Å². The van der Waals surface area contributed by atoms with E-state index in [0.717, 1.165) is 23.5 Å². The summed E-state index contributed by atoms with van der Waals surface area (Å²) in [4.78, 5) is 9.60. The molecule has 1 N–H and O–H groups in total. The first kappa shape index (κ1) is 15.2. The number of benzene rings is 1. The molecule has 1 fully saturated rings. The van der Waals surface area contributed by atoms with Crippen molar-refractivity contribution < 1.29 is 9.53 Å². The van der Waals surface area contributed by atoms with Crippen LogP contribution in [-0.2, 0) is 9.53 Å². The molecule has 1 saturated heterocycles. The van der Waals surface area contributed by atoms with E-state index >= 15 is 0 Å². The van der Waals surface area contributed by atoms with Crippen LogP contribution in [-0.4, -0.2) is 25.2 Å². The van der Waals surface area contributed by atoms with Crippen molar-refractivity contribution in [1.29, 1.82) is 0 Å². The lowest BCUT2D eigenvalue weighted by Crippen LogP contribution is -2.39. The van der Waals surface area contributed by atoms with Gasteiger partial charge in [0.2, 0.25) is 0 Å². The molecule has 3 nitrogen and oxygen atoms in total. The maximum Gasteiger partial charge on any atom is 0.293 e. The van der Waals surface area contributed by atoms with Gasteiger partial charge in [-0.1, -0.05) is 28.1 Å². The minimum atomic E-state index is -0.318. The molecule has 1 aliphatic rings. The van der Waals surface area contributed by atoms with Crippen LogP contribution in [0.1, 0.15) is 32.3 Å². The van der Waals surface area contributed by atoms with Gasteiger partial charge in [0.1, 0.15) is 5.60 Å². The van der Waals surface area contributed by atoms with Crippen LogP contribution in [0.25, 0.3) is 0 Å². The standard InChI is InChI=1S/C9H10BrN.C5H10O2/c10-9-3-1-7(2-4-9)8-5-11-6-8;1-5(2,3)7-4-6/h1-4,8,11H,5-6H2;4H,1-3H3. The summed E-state index contributed by atoms with van der Waals surface area (Å²) in [7, 11) is 0. The van der Waals surface area contributed by atoms with Crippen LogP contribution in [0, 0.1) is 0 Å². The first-order valence-corrected chi connectivity index (χ1v) is 6.79. The lowest BCUT2D eigenvalue weighted by molar-refractivity contribution is -0.138. The molecule has 0 radical (unpaired) electrons. The summed E-state index contributed by atoms with van der Waals surface area (Å²) in [5, 5.41) is 3.26. The van der Waals surface area contributed by atoms with E-state index in [4.69, 9.17) is 0 Å². The van der Waals surface area contributed by atoms with Crippen LogP contribution >= 0.6 is 15.9 Å². The summed E-state index contributed by atoms with van der Waals surface area (Å²) >= 11 is 3.42. The molecule has 1 aliphatic heterocycles. The fourth-order valence-electron chi connectivity index (χ4n) is 1.40. The van der Waals surface area contributed by atoms with Crippen molar-refractivity contribution in [2.24, 2.45) is 0 Å². The van der Waals surface area contributed by atoms with E-state index in [1.54, 1.807) is 0 Å². The minimum absolute atomic E-state index is 0.318. The summed E-state index contributed by atoms with van der Waals surface area (Å²) in [5.74, 6) is 0.753. The van der Waals surface area contributed by atoms with Gasteiger partial charge in [0.05, 0.1) is 0 Å². The highest BCUT2D eigenvalue weighted by Gasteiger charge is 2.17. The highest BCUT2D eigenvalue weighted by Crippen LogP contribution is 2.21. The number of carbonyl (C=O) groups is 1. The zero-order valence-corrected chi connectivity index (χ0v) is 12.7. The third kappa shape index (κ3) is 5.65. The number of hydrogen-bond donors (Lipinski definition) is 1. The Morgan fingerprint density at radius 2 is 1.83 bits per heavy atom. The Labute approximate surface area is 117 Å². The zero-order valence-electron chi connectivity index (χ0n) is 11.1. The predicted octanol–water partition coefficient (Wildman–Crippen LogP) is 3.09. The summed E-state index contributed by atoms with van der Waals surface area (Å²) < 4.78 is 5.71. The molecule has 0 aliphatic carbocycles. The molecule has 18 heavy (non-hydrogen) atoms. The molecule has 100 valence electrons. The predicted molar refractivity (Wildman–Crippen MR) is 76.7 cm³/mol. The smallest absolute Gasteiger partial charge is 0.293 e. The van der Waals surface area contributed by atoms with Crippen LogP contribution < -0.4 is 5.32 Å². The van der Waals surface area contributed by atoms with Crippen LogP contribution in [0.15, 0.2) is 28.7 Å². The number of carbonyl (C=O) groups excluding carboxylic acids is 1.